The third kappa shape index (κ3) is 3.84. The van der Waals surface area contributed by atoms with E-state index < -0.39 is 37.0 Å². The molecule has 1 N–H and O–H groups in total. The molecule has 1 saturated heterocycles. The van der Waals surface area contributed by atoms with Crippen molar-refractivity contribution in [3.05, 3.63) is 0 Å². The first-order chi connectivity index (χ1) is 9.06. The summed E-state index contributed by atoms with van der Waals surface area (Å²) < 4.78 is 51.1. The van der Waals surface area contributed by atoms with Gasteiger partial charge in [0.1, 0.15) is 0 Å². The van der Waals surface area contributed by atoms with Crippen LogP contribution in [0, 0.1) is 11.8 Å². The molecule has 0 aromatic rings. The summed E-state index contributed by atoms with van der Waals surface area (Å²) in [5, 5.41) is 2.98. The van der Waals surface area contributed by atoms with Gasteiger partial charge in [0.05, 0.1) is 18.8 Å². The van der Waals surface area contributed by atoms with Crippen LogP contribution >= 0.6 is 0 Å². The highest BCUT2D eigenvalue weighted by atomic mass is 19.3. The largest absolute Gasteiger partial charge is 0.324 e. The van der Waals surface area contributed by atoms with E-state index in [1.165, 1.54) is 0 Å². The Balaban J connectivity index is 2.90. The van der Waals surface area contributed by atoms with Crippen LogP contribution in [-0.2, 0) is 4.79 Å². The zero-order chi connectivity index (χ0) is 15.7. The van der Waals surface area contributed by atoms with E-state index in [4.69, 9.17) is 0 Å². The number of alkyl halides is 4. The molecule has 1 rings (SSSR count). The van der Waals surface area contributed by atoms with Crippen LogP contribution in [0.15, 0.2) is 0 Å². The van der Waals surface area contributed by atoms with Crippen molar-refractivity contribution in [1.29, 1.82) is 0 Å². The monoisotopic (exact) mass is 298 g/mol. The maximum Gasteiger partial charge on any atom is 0.324 e. The number of rotatable bonds is 6. The van der Waals surface area contributed by atoms with Gasteiger partial charge in [0.15, 0.2) is 0 Å². The van der Waals surface area contributed by atoms with Gasteiger partial charge >= 0.3 is 12.3 Å². The first-order valence-corrected chi connectivity index (χ1v) is 6.78. The third-order valence-electron chi connectivity index (χ3n) is 3.36. The summed E-state index contributed by atoms with van der Waals surface area (Å²) in [6.07, 6.45) is -3.93. The van der Waals surface area contributed by atoms with Crippen LogP contribution in [0.2, 0.25) is 0 Å². The van der Waals surface area contributed by atoms with Crippen LogP contribution in [0.5, 0.6) is 0 Å². The predicted octanol–water partition coefficient (Wildman–Crippen LogP) is 2.72. The molecule has 1 heterocycles. The third-order valence-corrected chi connectivity index (χ3v) is 3.36. The van der Waals surface area contributed by atoms with Gasteiger partial charge in [-0.2, -0.15) is 8.78 Å². The van der Waals surface area contributed by atoms with E-state index in [1.807, 2.05) is 13.8 Å². The second kappa shape index (κ2) is 6.28. The number of hydrogen-bond donors (Lipinski definition) is 1. The average molecular weight is 298 g/mol. The number of amides is 1. The minimum absolute atomic E-state index is 0.0812. The molecule has 0 aliphatic carbocycles. The average Bonchev–Trinajstić information content (AvgIpc) is 2.56. The van der Waals surface area contributed by atoms with Crippen molar-refractivity contribution in [2.75, 3.05) is 6.54 Å². The molecule has 3 nitrogen and oxygen atoms in total. The van der Waals surface area contributed by atoms with Crippen LogP contribution < -0.4 is 5.32 Å². The maximum absolute atomic E-state index is 13.2. The second-order valence-corrected chi connectivity index (χ2v) is 6.06. The highest BCUT2D eigenvalue weighted by Crippen LogP contribution is 2.29. The molecular formula is C13H22F4N2O. The lowest BCUT2D eigenvalue weighted by Gasteiger charge is -2.29. The van der Waals surface area contributed by atoms with Crippen LogP contribution in [-0.4, -0.2) is 41.9 Å². The Bertz CT molecular complexity index is 347. The molecule has 0 radical (unpaired) electrons. The van der Waals surface area contributed by atoms with Gasteiger partial charge in [-0.05, 0) is 18.3 Å². The Hall–Kier alpha value is -0.850. The molecule has 0 spiro atoms. The molecule has 0 aromatic heterocycles. The summed E-state index contributed by atoms with van der Waals surface area (Å²) in [6.45, 7) is 6.11. The number of halogens is 4. The summed E-state index contributed by atoms with van der Waals surface area (Å²) in [5.41, 5.74) is 0. The van der Waals surface area contributed by atoms with Gasteiger partial charge in [-0.3, -0.25) is 10.1 Å². The SMILES string of the molecule is CC(C)CC1NC(C(C)C)C(=O)N1CC(F)(F)C(F)F. The Labute approximate surface area is 116 Å². The van der Waals surface area contributed by atoms with Gasteiger partial charge in [-0.15, -0.1) is 0 Å². The predicted molar refractivity (Wildman–Crippen MR) is 67.7 cm³/mol. The molecule has 0 bridgehead atoms. The lowest BCUT2D eigenvalue weighted by Crippen LogP contribution is -2.47. The standard InChI is InChI=1S/C13H22F4N2O/c1-7(2)5-9-18-10(8(3)4)11(20)19(9)6-13(16,17)12(14)15/h7-10,12,18H,5-6H2,1-4H3. The van der Waals surface area contributed by atoms with Gasteiger partial charge < -0.3 is 4.90 Å². The molecule has 7 heteroatoms. The van der Waals surface area contributed by atoms with E-state index in [0.717, 1.165) is 4.90 Å². The van der Waals surface area contributed by atoms with Crippen molar-refractivity contribution in [3.63, 3.8) is 0 Å². The van der Waals surface area contributed by atoms with Crippen molar-refractivity contribution >= 4 is 5.91 Å². The molecule has 0 saturated carbocycles. The van der Waals surface area contributed by atoms with Gasteiger partial charge in [-0.1, -0.05) is 27.7 Å². The van der Waals surface area contributed by atoms with Crippen LogP contribution in [0.1, 0.15) is 34.1 Å². The van der Waals surface area contributed by atoms with E-state index >= 15 is 0 Å². The fourth-order valence-corrected chi connectivity index (χ4v) is 2.30. The minimum atomic E-state index is -4.18. The molecular weight excluding hydrogens is 276 g/mol. The fourth-order valence-electron chi connectivity index (χ4n) is 2.30. The first kappa shape index (κ1) is 17.2. The Morgan fingerprint density at radius 1 is 1.25 bits per heavy atom. The fraction of sp³-hybridized carbons (Fsp3) is 0.923. The lowest BCUT2D eigenvalue weighted by molar-refractivity contribution is -0.157. The Kier molecular flexibility index (Phi) is 5.40. The zero-order valence-electron chi connectivity index (χ0n) is 12.2. The van der Waals surface area contributed by atoms with E-state index in [1.54, 1.807) is 13.8 Å². The van der Waals surface area contributed by atoms with Gasteiger partial charge in [-0.25, -0.2) is 8.78 Å². The maximum atomic E-state index is 13.2. The van der Waals surface area contributed by atoms with Crippen molar-refractivity contribution in [2.24, 2.45) is 11.8 Å². The zero-order valence-corrected chi connectivity index (χ0v) is 12.2. The Morgan fingerprint density at radius 3 is 2.20 bits per heavy atom. The smallest absolute Gasteiger partial charge is 0.319 e. The van der Waals surface area contributed by atoms with Gasteiger partial charge in [0, 0.05) is 0 Å². The highest BCUT2D eigenvalue weighted by molar-refractivity contribution is 5.84. The number of nitrogens with zero attached hydrogens (tertiary/aromatic N) is 1. The molecule has 1 fully saturated rings. The number of hydrogen-bond acceptors (Lipinski definition) is 2. The summed E-state index contributed by atoms with van der Waals surface area (Å²) >= 11 is 0. The van der Waals surface area contributed by atoms with Crippen molar-refractivity contribution in [1.82, 2.24) is 10.2 Å². The molecule has 1 amide bonds. The quantitative estimate of drug-likeness (QED) is 0.765. The Morgan fingerprint density at radius 2 is 1.80 bits per heavy atom. The van der Waals surface area contributed by atoms with Gasteiger partial charge in [0.2, 0.25) is 5.91 Å². The molecule has 0 aromatic carbocycles. The molecule has 2 atom stereocenters. The number of carbonyl (C=O) groups is 1. The lowest BCUT2D eigenvalue weighted by atomic mass is 10.0. The van der Waals surface area contributed by atoms with Gasteiger partial charge in [0.25, 0.3) is 0 Å². The minimum Gasteiger partial charge on any atom is -0.319 e. The number of nitrogens with one attached hydrogen (secondary N) is 1. The topological polar surface area (TPSA) is 32.3 Å². The van der Waals surface area contributed by atoms with Crippen LogP contribution in [0.25, 0.3) is 0 Å². The van der Waals surface area contributed by atoms with E-state index in [0.29, 0.717) is 6.42 Å². The summed E-state index contributed by atoms with van der Waals surface area (Å²) in [7, 11) is 0. The molecule has 2 unspecified atom stereocenters. The molecule has 118 valence electrons. The van der Waals surface area contributed by atoms with E-state index in [2.05, 4.69) is 5.32 Å². The number of carbonyl (C=O) groups excluding carboxylic acids is 1. The molecule has 1 aliphatic rings. The summed E-state index contributed by atoms with van der Waals surface area (Å²) in [5.74, 6) is -4.62. The van der Waals surface area contributed by atoms with Crippen LogP contribution in [0.4, 0.5) is 17.6 Å². The second-order valence-electron chi connectivity index (χ2n) is 6.06. The van der Waals surface area contributed by atoms with Crippen LogP contribution in [0.3, 0.4) is 0 Å². The van der Waals surface area contributed by atoms with Crippen molar-refractivity contribution in [2.45, 2.75) is 58.7 Å². The van der Waals surface area contributed by atoms with Crippen molar-refractivity contribution in [3.8, 4) is 0 Å². The highest BCUT2D eigenvalue weighted by Gasteiger charge is 2.49. The first-order valence-electron chi connectivity index (χ1n) is 6.78. The van der Waals surface area contributed by atoms with Crippen molar-refractivity contribution < 1.29 is 22.4 Å². The normalized spacial score (nSPS) is 24.6. The molecule has 1 aliphatic heterocycles. The summed E-state index contributed by atoms with van der Waals surface area (Å²) in [4.78, 5) is 13.0. The summed E-state index contributed by atoms with van der Waals surface area (Å²) in [6, 6.07) is -0.591. The van der Waals surface area contributed by atoms with E-state index in [-0.39, 0.29) is 11.8 Å². The molecule has 20 heavy (non-hydrogen) atoms. The van der Waals surface area contributed by atoms with E-state index in [9.17, 15) is 22.4 Å².